The van der Waals surface area contributed by atoms with E-state index in [1.165, 1.54) is 5.56 Å². The van der Waals surface area contributed by atoms with Crippen molar-refractivity contribution in [1.82, 2.24) is 9.88 Å². The molecule has 4 nitrogen and oxygen atoms in total. The topological polar surface area (TPSA) is 42.4 Å². The lowest BCUT2D eigenvalue weighted by molar-refractivity contribution is 0.0288. The monoisotopic (exact) mass is 276 g/mol. The highest BCUT2D eigenvalue weighted by Gasteiger charge is 2.29. The summed E-state index contributed by atoms with van der Waals surface area (Å²) in [5.74, 6) is 0.484. The minimum Gasteiger partial charge on any atom is -0.444 e. The van der Waals surface area contributed by atoms with Gasteiger partial charge in [0, 0.05) is 25.0 Å². The van der Waals surface area contributed by atoms with Crippen molar-refractivity contribution in [2.24, 2.45) is 5.92 Å². The molecule has 110 valence electrons. The minimum absolute atomic E-state index is 0.197. The van der Waals surface area contributed by atoms with E-state index in [0.717, 1.165) is 31.6 Å². The van der Waals surface area contributed by atoms with Crippen LogP contribution in [-0.2, 0) is 11.2 Å². The number of hydrogen-bond donors (Lipinski definition) is 0. The van der Waals surface area contributed by atoms with Crippen LogP contribution in [0, 0.1) is 12.8 Å². The lowest BCUT2D eigenvalue weighted by atomic mass is 10.0. The largest absolute Gasteiger partial charge is 0.444 e. The van der Waals surface area contributed by atoms with Crippen LogP contribution >= 0.6 is 0 Å². The predicted molar refractivity (Wildman–Crippen MR) is 78.6 cm³/mol. The molecule has 0 aliphatic carbocycles. The highest BCUT2D eigenvalue weighted by molar-refractivity contribution is 5.68. The molecular weight excluding hydrogens is 252 g/mol. The molecule has 1 aliphatic heterocycles. The second-order valence-electron chi connectivity index (χ2n) is 6.61. The van der Waals surface area contributed by atoms with Gasteiger partial charge >= 0.3 is 6.09 Å². The van der Waals surface area contributed by atoms with E-state index in [9.17, 15) is 4.79 Å². The molecule has 0 bridgehead atoms. The van der Waals surface area contributed by atoms with Crippen molar-refractivity contribution in [3.05, 3.63) is 29.6 Å². The summed E-state index contributed by atoms with van der Waals surface area (Å²) >= 11 is 0. The fourth-order valence-corrected chi connectivity index (χ4v) is 2.41. The number of rotatable bonds is 2. The fourth-order valence-electron chi connectivity index (χ4n) is 2.41. The zero-order valence-corrected chi connectivity index (χ0v) is 12.8. The summed E-state index contributed by atoms with van der Waals surface area (Å²) in [6.07, 6.45) is 3.65. The first kappa shape index (κ1) is 14.8. The Kier molecular flexibility index (Phi) is 4.31. The molecule has 1 fully saturated rings. The molecule has 0 spiro atoms. The Morgan fingerprint density at radius 3 is 2.80 bits per heavy atom. The van der Waals surface area contributed by atoms with Gasteiger partial charge in [-0.1, -0.05) is 6.07 Å². The second-order valence-corrected chi connectivity index (χ2v) is 6.61. The molecule has 0 aromatic carbocycles. The molecule has 0 saturated carbocycles. The van der Waals surface area contributed by atoms with E-state index in [1.807, 2.05) is 38.8 Å². The summed E-state index contributed by atoms with van der Waals surface area (Å²) in [4.78, 5) is 18.2. The van der Waals surface area contributed by atoms with Crippen LogP contribution in [0.1, 0.15) is 38.4 Å². The van der Waals surface area contributed by atoms with Gasteiger partial charge in [0.25, 0.3) is 0 Å². The van der Waals surface area contributed by atoms with Crippen LogP contribution < -0.4 is 0 Å². The summed E-state index contributed by atoms with van der Waals surface area (Å²) in [5, 5.41) is 0. The van der Waals surface area contributed by atoms with Gasteiger partial charge in [-0.15, -0.1) is 0 Å². The first-order valence-corrected chi connectivity index (χ1v) is 7.23. The van der Waals surface area contributed by atoms with E-state index in [4.69, 9.17) is 4.74 Å². The predicted octanol–water partition coefficient (Wildman–Crippen LogP) is 3.19. The standard InChI is InChI=1S/C16H24N2O2/c1-12-5-6-14(17-10-12)9-13-7-8-18(11-13)15(19)20-16(2,3)4/h5-6,10,13H,7-9,11H2,1-4H3/t13-/m1/s1. The Labute approximate surface area is 121 Å². The summed E-state index contributed by atoms with van der Waals surface area (Å²) < 4.78 is 5.41. The molecule has 2 rings (SSSR count). The average molecular weight is 276 g/mol. The molecule has 4 heteroatoms. The number of pyridine rings is 1. The van der Waals surface area contributed by atoms with Crippen LogP contribution in [0.15, 0.2) is 18.3 Å². The maximum Gasteiger partial charge on any atom is 0.410 e. The van der Waals surface area contributed by atoms with Gasteiger partial charge in [0.05, 0.1) is 0 Å². The van der Waals surface area contributed by atoms with E-state index >= 15 is 0 Å². The Morgan fingerprint density at radius 1 is 1.45 bits per heavy atom. The number of likely N-dealkylation sites (tertiary alicyclic amines) is 1. The third-order valence-electron chi connectivity index (χ3n) is 3.41. The first-order valence-electron chi connectivity index (χ1n) is 7.23. The molecule has 1 saturated heterocycles. The smallest absolute Gasteiger partial charge is 0.410 e. The lowest BCUT2D eigenvalue weighted by Gasteiger charge is -2.24. The molecule has 1 aromatic heterocycles. The zero-order chi connectivity index (χ0) is 14.8. The Hall–Kier alpha value is -1.58. The van der Waals surface area contributed by atoms with Crippen molar-refractivity contribution in [1.29, 1.82) is 0 Å². The van der Waals surface area contributed by atoms with Crippen molar-refractivity contribution in [2.75, 3.05) is 13.1 Å². The molecule has 2 heterocycles. The van der Waals surface area contributed by atoms with Gasteiger partial charge in [-0.05, 0) is 58.1 Å². The molecule has 0 unspecified atom stereocenters. The van der Waals surface area contributed by atoms with Crippen LogP contribution in [0.4, 0.5) is 4.79 Å². The van der Waals surface area contributed by atoms with Crippen molar-refractivity contribution in [3.63, 3.8) is 0 Å². The highest BCUT2D eigenvalue weighted by atomic mass is 16.6. The highest BCUT2D eigenvalue weighted by Crippen LogP contribution is 2.22. The Bertz CT molecular complexity index is 462. The number of aromatic nitrogens is 1. The maximum atomic E-state index is 12.0. The van der Waals surface area contributed by atoms with E-state index in [-0.39, 0.29) is 6.09 Å². The van der Waals surface area contributed by atoms with Gasteiger partial charge in [0.15, 0.2) is 0 Å². The third kappa shape index (κ3) is 4.22. The van der Waals surface area contributed by atoms with E-state index in [0.29, 0.717) is 5.92 Å². The number of hydrogen-bond acceptors (Lipinski definition) is 3. The third-order valence-corrected chi connectivity index (χ3v) is 3.41. The number of ether oxygens (including phenoxy) is 1. The normalized spacial score (nSPS) is 19.2. The van der Waals surface area contributed by atoms with Crippen LogP contribution in [0.2, 0.25) is 0 Å². The quantitative estimate of drug-likeness (QED) is 0.833. The Morgan fingerprint density at radius 2 is 2.20 bits per heavy atom. The summed E-state index contributed by atoms with van der Waals surface area (Å²) in [7, 11) is 0. The number of amides is 1. The zero-order valence-electron chi connectivity index (χ0n) is 12.8. The van der Waals surface area contributed by atoms with Crippen molar-refractivity contribution < 1.29 is 9.53 Å². The first-order chi connectivity index (χ1) is 9.33. The summed E-state index contributed by atoms with van der Waals surface area (Å²) in [6.45, 7) is 9.28. The minimum atomic E-state index is -0.423. The van der Waals surface area contributed by atoms with Crippen molar-refractivity contribution >= 4 is 6.09 Å². The van der Waals surface area contributed by atoms with Gasteiger partial charge in [0.1, 0.15) is 5.60 Å². The number of nitrogens with zero attached hydrogens (tertiary/aromatic N) is 2. The van der Waals surface area contributed by atoms with Crippen molar-refractivity contribution in [2.45, 2.75) is 46.1 Å². The maximum absolute atomic E-state index is 12.0. The molecule has 20 heavy (non-hydrogen) atoms. The molecular formula is C16H24N2O2. The molecule has 1 aromatic rings. The number of carbonyl (C=O) groups is 1. The summed E-state index contributed by atoms with van der Waals surface area (Å²) in [6, 6.07) is 4.16. The molecule has 0 radical (unpaired) electrons. The average Bonchev–Trinajstić information content (AvgIpc) is 2.79. The Balaban J connectivity index is 1.86. The molecule has 1 atom stereocenters. The lowest BCUT2D eigenvalue weighted by Crippen LogP contribution is -2.35. The van der Waals surface area contributed by atoms with Crippen LogP contribution in [-0.4, -0.2) is 34.7 Å². The molecule has 1 amide bonds. The van der Waals surface area contributed by atoms with E-state index < -0.39 is 5.60 Å². The van der Waals surface area contributed by atoms with Crippen LogP contribution in [0.3, 0.4) is 0 Å². The van der Waals surface area contributed by atoms with Crippen molar-refractivity contribution in [3.8, 4) is 0 Å². The fraction of sp³-hybridized carbons (Fsp3) is 0.625. The number of aryl methyl sites for hydroxylation is 1. The van der Waals surface area contributed by atoms with Gasteiger partial charge in [0.2, 0.25) is 0 Å². The van der Waals surface area contributed by atoms with E-state index in [1.54, 1.807) is 0 Å². The van der Waals surface area contributed by atoms with Crippen LogP contribution in [0.25, 0.3) is 0 Å². The summed E-state index contributed by atoms with van der Waals surface area (Å²) in [5.41, 5.74) is 1.86. The molecule has 0 N–H and O–H groups in total. The SMILES string of the molecule is Cc1ccc(C[C@H]2CCN(C(=O)OC(C)(C)C)C2)nc1. The van der Waals surface area contributed by atoms with Gasteiger partial charge in [-0.3, -0.25) is 4.98 Å². The van der Waals surface area contributed by atoms with E-state index in [2.05, 4.69) is 17.1 Å². The molecule has 1 aliphatic rings. The second kappa shape index (κ2) is 5.81. The van der Waals surface area contributed by atoms with Crippen LogP contribution in [0.5, 0.6) is 0 Å². The number of carbonyl (C=O) groups excluding carboxylic acids is 1. The van der Waals surface area contributed by atoms with Gasteiger partial charge in [-0.25, -0.2) is 4.79 Å². The van der Waals surface area contributed by atoms with Gasteiger partial charge in [-0.2, -0.15) is 0 Å². The van der Waals surface area contributed by atoms with Gasteiger partial charge < -0.3 is 9.64 Å².